The Labute approximate surface area is 186 Å². The molecule has 1 fully saturated rings. The molecule has 0 bridgehead atoms. The van der Waals surface area contributed by atoms with Crippen LogP contribution in [0.1, 0.15) is 28.8 Å². The van der Waals surface area contributed by atoms with Crippen LogP contribution in [0.3, 0.4) is 0 Å². The number of fused-ring (bicyclic) bond motifs is 2. The largest absolute Gasteiger partial charge is 0.486 e. The number of piperidine rings is 1. The second-order valence-electron chi connectivity index (χ2n) is 8.24. The maximum Gasteiger partial charge on any atom is 0.234 e. The Morgan fingerprint density at radius 1 is 0.875 bits per heavy atom. The highest BCUT2D eigenvalue weighted by Gasteiger charge is 2.27. The molecule has 2 aromatic carbocycles. The number of hydrogen-bond donors (Lipinski definition) is 1. The molecule has 1 saturated heterocycles. The lowest BCUT2D eigenvalue weighted by Gasteiger charge is -2.30. The average molecular weight is 438 g/mol. The van der Waals surface area contributed by atoms with Crippen molar-refractivity contribution in [3.05, 3.63) is 47.5 Å². The molecule has 3 aliphatic heterocycles. The van der Waals surface area contributed by atoms with Crippen LogP contribution >= 0.6 is 0 Å². The molecule has 0 spiro atoms. The third-order valence-electron chi connectivity index (χ3n) is 6.08. The first kappa shape index (κ1) is 20.6. The zero-order valence-corrected chi connectivity index (χ0v) is 17.8. The van der Waals surface area contributed by atoms with Crippen LogP contribution in [0.5, 0.6) is 23.0 Å². The molecule has 5 rings (SSSR count). The molecule has 2 aromatic rings. The third kappa shape index (κ3) is 4.50. The smallest absolute Gasteiger partial charge is 0.234 e. The molecule has 0 aliphatic carbocycles. The Morgan fingerprint density at radius 2 is 1.56 bits per heavy atom. The second-order valence-corrected chi connectivity index (χ2v) is 8.24. The number of ketones is 1. The van der Waals surface area contributed by atoms with Crippen molar-refractivity contribution in [1.29, 1.82) is 0 Å². The summed E-state index contributed by atoms with van der Waals surface area (Å²) in [5.74, 6) is 2.84. The van der Waals surface area contributed by atoms with Gasteiger partial charge in [-0.1, -0.05) is 6.07 Å². The van der Waals surface area contributed by atoms with E-state index in [1.165, 1.54) is 0 Å². The SMILES string of the molecule is O=C(CN1CCC(C(=O)c2ccc3c(c2)OCCO3)CC1)NCc1ccc2c(c1)OCO2. The van der Waals surface area contributed by atoms with Crippen molar-refractivity contribution in [2.45, 2.75) is 19.4 Å². The molecule has 8 heteroatoms. The van der Waals surface area contributed by atoms with Crippen LogP contribution in [0.25, 0.3) is 0 Å². The molecule has 0 unspecified atom stereocenters. The Balaban J connectivity index is 1.08. The van der Waals surface area contributed by atoms with E-state index in [1.54, 1.807) is 12.1 Å². The minimum absolute atomic E-state index is 0.0284. The maximum atomic E-state index is 12.9. The highest BCUT2D eigenvalue weighted by Crippen LogP contribution is 2.33. The number of nitrogens with zero attached hydrogens (tertiary/aromatic N) is 1. The first-order valence-electron chi connectivity index (χ1n) is 11.0. The number of hydrogen-bond acceptors (Lipinski definition) is 7. The summed E-state index contributed by atoms with van der Waals surface area (Å²) in [6, 6.07) is 11.1. The van der Waals surface area contributed by atoms with Gasteiger partial charge in [0.1, 0.15) is 13.2 Å². The molecule has 0 aromatic heterocycles. The standard InChI is InChI=1S/C24H26N2O6/c27-23(25-13-16-1-3-20-21(11-16)32-15-31-20)14-26-7-5-17(6-8-26)24(28)18-2-4-19-22(12-18)30-10-9-29-19/h1-4,11-12,17H,5-10,13-15H2,(H,25,27). The number of ether oxygens (including phenoxy) is 4. The second kappa shape index (κ2) is 9.08. The van der Waals surface area contributed by atoms with E-state index in [4.69, 9.17) is 18.9 Å². The van der Waals surface area contributed by atoms with Crippen LogP contribution in [0, 0.1) is 5.92 Å². The van der Waals surface area contributed by atoms with Crippen LogP contribution in [0.2, 0.25) is 0 Å². The van der Waals surface area contributed by atoms with E-state index in [-0.39, 0.29) is 24.4 Å². The molecule has 168 valence electrons. The highest BCUT2D eigenvalue weighted by atomic mass is 16.7. The monoisotopic (exact) mass is 438 g/mol. The van der Waals surface area contributed by atoms with Crippen LogP contribution in [0.15, 0.2) is 36.4 Å². The van der Waals surface area contributed by atoms with Gasteiger partial charge in [-0.25, -0.2) is 0 Å². The Hall–Kier alpha value is -3.26. The number of Topliss-reactive ketones (excluding diaryl/α,β-unsaturated/α-hetero) is 1. The first-order chi connectivity index (χ1) is 15.7. The minimum atomic E-state index is -0.0366. The van der Waals surface area contributed by atoms with Gasteiger partial charge in [-0.2, -0.15) is 0 Å². The first-order valence-corrected chi connectivity index (χ1v) is 11.0. The van der Waals surface area contributed by atoms with E-state index in [0.717, 1.165) is 37.2 Å². The summed E-state index contributed by atoms with van der Waals surface area (Å²) in [5, 5.41) is 2.96. The summed E-state index contributed by atoms with van der Waals surface area (Å²) >= 11 is 0. The topological polar surface area (TPSA) is 86.3 Å². The van der Waals surface area contributed by atoms with E-state index in [0.29, 0.717) is 49.1 Å². The maximum absolute atomic E-state index is 12.9. The zero-order valence-electron chi connectivity index (χ0n) is 17.8. The fraction of sp³-hybridized carbons (Fsp3) is 0.417. The molecule has 3 heterocycles. The van der Waals surface area contributed by atoms with Crippen molar-refractivity contribution in [2.75, 3.05) is 39.6 Å². The van der Waals surface area contributed by atoms with E-state index in [1.807, 2.05) is 24.3 Å². The number of amides is 1. The van der Waals surface area contributed by atoms with Crippen molar-refractivity contribution in [2.24, 2.45) is 5.92 Å². The number of nitrogens with one attached hydrogen (secondary N) is 1. The molecular weight excluding hydrogens is 412 g/mol. The predicted molar refractivity (Wildman–Crippen MR) is 115 cm³/mol. The number of likely N-dealkylation sites (tertiary alicyclic amines) is 1. The number of carbonyl (C=O) groups excluding carboxylic acids is 2. The van der Waals surface area contributed by atoms with Gasteiger partial charge < -0.3 is 24.3 Å². The van der Waals surface area contributed by atoms with Crippen molar-refractivity contribution in [1.82, 2.24) is 10.2 Å². The predicted octanol–water partition coefficient (Wildman–Crippen LogP) is 2.40. The van der Waals surface area contributed by atoms with Gasteiger partial charge in [0.15, 0.2) is 28.8 Å². The third-order valence-corrected chi connectivity index (χ3v) is 6.08. The Kier molecular flexibility index (Phi) is 5.85. The van der Waals surface area contributed by atoms with Gasteiger partial charge in [-0.3, -0.25) is 14.5 Å². The zero-order chi connectivity index (χ0) is 21.9. The lowest BCUT2D eigenvalue weighted by molar-refractivity contribution is -0.122. The van der Waals surface area contributed by atoms with Gasteiger partial charge in [0.25, 0.3) is 0 Å². The lowest BCUT2D eigenvalue weighted by Crippen LogP contribution is -2.42. The summed E-state index contributed by atoms with van der Waals surface area (Å²) in [7, 11) is 0. The minimum Gasteiger partial charge on any atom is -0.486 e. The van der Waals surface area contributed by atoms with Gasteiger partial charge in [0.05, 0.1) is 6.54 Å². The summed E-state index contributed by atoms with van der Waals surface area (Å²) in [5.41, 5.74) is 1.63. The van der Waals surface area contributed by atoms with E-state index < -0.39 is 0 Å². The summed E-state index contributed by atoms with van der Waals surface area (Å²) in [6.07, 6.45) is 1.48. The van der Waals surface area contributed by atoms with Crippen LogP contribution in [-0.2, 0) is 11.3 Å². The summed E-state index contributed by atoms with van der Waals surface area (Å²) < 4.78 is 21.8. The fourth-order valence-electron chi connectivity index (χ4n) is 4.30. The van der Waals surface area contributed by atoms with Crippen molar-refractivity contribution < 1.29 is 28.5 Å². The van der Waals surface area contributed by atoms with E-state index >= 15 is 0 Å². The van der Waals surface area contributed by atoms with Gasteiger partial charge in [0, 0.05) is 18.0 Å². The number of rotatable bonds is 6. The molecular formula is C24H26N2O6. The summed E-state index contributed by atoms with van der Waals surface area (Å²) in [4.78, 5) is 27.4. The normalized spacial score (nSPS) is 17.8. The molecule has 1 N–H and O–H groups in total. The van der Waals surface area contributed by atoms with Gasteiger partial charge in [-0.05, 0) is 61.8 Å². The number of benzene rings is 2. The van der Waals surface area contributed by atoms with Crippen LogP contribution < -0.4 is 24.3 Å². The fourth-order valence-corrected chi connectivity index (χ4v) is 4.30. The van der Waals surface area contributed by atoms with Gasteiger partial charge >= 0.3 is 0 Å². The van der Waals surface area contributed by atoms with Crippen molar-refractivity contribution in [3.63, 3.8) is 0 Å². The van der Waals surface area contributed by atoms with Crippen LogP contribution in [-0.4, -0.2) is 56.2 Å². The molecule has 32 heavy (non-hydrogen) atoms. The van der Waals surface area contributed by atoms with Gasteiger partial charge in [-0.15, -0.1) is 0 Å². The Bertz CT molecular complexity index is 1020. The Morgan fingerprint density at radius 3 is 2.41 bits per heavy atom. The highest BCUT2D eigenvalue weighted by molar-refractivity contribution is 5.98. The molecule has 3 aliphatic rings. The van der Waals surface area contributed by atoms with Crippen molar-refractivity contribution >= 4 is 11.7 Å². The molecule has 0 atom stereocenters. The molecule has 1 amide bonds. The van der Waals surface area contributed by atoms with E-state index in [2.05, 4.69) is 10.2 Å². The average Bonchev–Trinajstić information content (AvgIpc) is 3.30. The molecule has 0 radical (unpaired) electrons. The number of carbonyl (C=O) groups is 2. The van der Waals surface area contributed by atoms with Crippen molar-refractivity contribution in [3.8, 4) is 23.0 Å². The quantitative estimate of drug-likeness (QED) is 0.693. The molecule has 0 saturated carbocycles. The van der Waals surface area contributed by atoms with E-state index in [9.17, 15) is 9.59 Å². The molecule has 8 nitrogen and oxygen atoms in total. The van der Waals surface area contributed by atoms with Gasteiger partial charge in [0.2, 0.25) is 12.7 Å². The summed E-state index contributed by atoms with van der Waals surface area (Å²) in [6.45, 7) is 3.47. The lowest BCUT2D eigenvalue weighted by atomic mass is 9.88. The van der Waals surface area contributed by atoms with Crippen LogP contribution in [0.4, 0.5) is 0 Å².